The molecule has 1 heterocycles. The molecule has 0 aromatic carbocycles. The lowest BCUT2D eigenvalue weighted by molar-refractivity contribution is 0.201. The standard InChI is InChI=1S/C12H21N5O3S/c1-5-8-16(9-6-2)12(18)17-10-13-11(14-17)21(19,20)15(4)7-3/h5,10H,1,6-9H2,2-4H3. The van der Waals surface area contributed by atoms with Crippen molar-refractivity contribution in [3.8, 4) is 0 Å². The molecular weight excluding hydrogens is 294 g/mol. The Bertz CT molecular complexity index is 596. The molecule has 0 spiro atoms. The van der Waals surface area contributed by atoms with Gasteiger partial charge in [0.25, 0.3) is 15.2 Å². The molecule has 8 nitrogen and oxygen atoms in total. The smallest absolute Gasteiger partial charge is 0.319 e. The lowest BCUT2D eigenvalue weighted by atomic mass is 10.4. The van der Waals surface area contributed by atoms with Crippen molar-refractivity contribution in [3.63, 3.8) is 0 Å². The molecule has 1 rings (SSSR count). The highest BCUT2D eigenvalue weighted by Crippen LogP contribution is 2.08. The van der Waals surface area contributed by atoms with E-state index in [0.29, 0.717) is 19.6 Å². The van der Waals surface area contributed by atoms with Crippen LogP contribution in [0.2, 0.25) is 0 Å². The van der Waals surface area contributed by atoms with Crippen molar-refractivity contribution < 1.29 is 13.2 Å². The Hall–Kier alpha value is -1.74. The van der Waals surface area contributed by atoms with E-state index in [1.807, 2.05) is 6.92 Å². The van der Waals surface area contributed by atoms with Crippen LogP contribution in [-0.2, 0) is 10.0 Å². The molecule has 9 heteroatoms. The van der Waals surface area contributed by atoms with Crippen molar-refractivity contribution >= 4 is 16.1 Å². The number of carbonyl (C=O) groups excluding carboxylic acids is 1. The van der Waals surface area contributed by atoms with Crippen LogP contribution in [0.15, 0.2) is 24.1 Å². The van der Waals surface area contributed by atoms with Crippen LogP contribution in [0.1, 0.15) is 20.3 Å². The molecule has 0 unspecified atom stereocenters. The van der Waals surface area contributed by atoms with Crippen molar-refractivity contribution in [1.29, 1.82) is 0 Å². The van der Waals surface area contributed by atoms with E-state index < -0.39 is 16.1 Å². The Kier molecular flexibility index (Phi) is 6.03. The number of rotatable bonds is 7. The molecule has 1 amide bonds. The summed E-state index contributed by atoms with van der Waals surface area (Å²) >= 11 is 0. The van der Waals surface area contributed by atoms with E-state index >= 15 is 0 Å². The Morgan fingerprint density at radius 2 is 2.14 bits per heavy atom. The third-order valence-electron chi connectivity index (χ3n) is 2.87. The second kappa shape index (κ2) is 7.32. The van der Waals surface area contributed by atoms with Crippen LogP contribution >= 0.6 is 0 Å². The lowest BCUT2D eigenvalue weighted by Crippen LogP contribution is -2.36. The van der Waals surface area contributed by atoms with Crippen molar-refractivity contribution in [2.45, 2.75) is 25.4 Å². The zero-order valence-electron chi connectivity index (χ0n) is 12.6. The van der Waals surface area contributed by atoms with Gasteiger partial charge in [-0.25, -0.2) is 18.2 Å². The number of sulfonamides is 1. The summed E-state index contributed by atoms with van der Waals surface area (Å²) in [6.45, 7) is 8.43. The molecule has 0 saturated heterocycles. The maximum atomic E-state index is 12.2. The Labute approximate surface area is 125 Å². The predicted molar refractivity (Wildman–Crippen MR) is 78.4 cm³/mol. The number of aromatic nitrogens is 3. The van der Waals surface area contributed by atoms with Crippen LogP contribution < -0.4 is 0 Å². The van der Waals surface area contributed by atoms with Gasteiger partial charge in [-0.05, 0) is 6.42 Å². The fraction of sp³-hybridized carbons (Fsp3) is 0.583. The normalized spacial score (nSPS) is 11.6. The summed E-state index contributed by atoms with van der Waals surface area (Å²) in [5.41, 5.74) is 0. The zero-order chi connectivity index (χ0) is 16.0. The minimum absolute atomic E-state index is 0.295. The summed E-state index contributed by atoms with van der Waals surface area (Å²) in [5.74, 6) is 0. The van der Waals surface area contributed by atoms with Crippen LogP contribution in [0.4, 0.5) is 4.79 Å². The molecule has 0 saturated carbocycles. The second-order valence-corrected chi connectivity index (χ2v) is 6.35. The predicted octanol–water partition coefficient (Wildman–Crippen LogP) is 0.785. The van der Waals surface area contributed by atoms with Crippen molar-refractivity contribution in [2.24, 2.45) is 0 Å². The van der Waals surface area contributed by atoms with Crippen LogP contribution in [0.25, 0.3) is 0 Å². The van der Waals surface area contributed by atoms with Gasteiger partial charge in [0, 0.05) is 26.7 Å². The highest BCUT2D eigenvalue weighted by Gasteiger charge is 2.26. The van der Waals surface area contributed by atoms with Crippen LogP contribution in [0.5, 0.6) is 0 Å². The number of hydrogen-bond acceptors (Lipinski definition) is 5. The van der Waals surface area contributed by atoms with Gasteiger partial charge < -0.3 is 4.90 Å². The van der Waals surface area contributed by atoms with Gasteiger partial charge in [0.2, 0.25) is 0 Å². The summed E-state index contributed by atoms with van der Waals surface area (Å²) < 4.78 is 26.2. The minimum Gasteiger partial charge on any atom is -0.319 e. The Balaban J connectivity index is 3.02. The van der Waals surface area contributed by atoms with Gasteiger partial charge in [-0.3, -0.25) is 0 Å². The number of amides is 1. The van der Waals surface area contributed by atoms with Gasteiger partial charge in [0.05, 0.1) is 0 Å². The third kappa shape index (κ3) is 3.88. The molecule has 1 aromatic rings. The van der Waals surface area contributed by atoms with Gasteiger partial charge >= 0.3 is 6.03 Å². The first kappa shape index (κ1) is 17.3. The van der Waals surface area contributed by atoms with E-state index in [0.717, 1.165) is 21.7 Å². The molecule has 0 N–H and O–H groups in total. The fourth-order valence-electron chi connectivity index (χ4n) is 1.60. The third-order valence-corrected chi connectivity index (χ3v) is 4.59. The average Bonchev–Trinajstić information content (AvgIpc) is 2.95. The first-order valence-corrected chi connectivity index (χ1v) is 8.10. The first-order chi connectivity index (χ1) is 9.88. The molecule has 1 aromatic heterocycles. The highest BCUT2D eigenvalue weighted by molar-refractivity contribution is 7.88. The lowest BCUT2D eigenvalue weighted by Gasteiger charge is -2.19. The number of nitrogens with zero attached hydrogens (tertiary/aromatic N) is 5. The summed E-state index contributed by atoms with van der Waals surface area (Å²) in [6.07, 6.45) is 3.50. The second-order valence-electron chi connectivity index (χ2n) is 4.41. The molecule has 21 heavy (non-hydrogen) atoms. The van der Waals surface area contributed by atoms with E-state index in [9.17, 15) is 13.2 Å². The quantitative estimate of drug-likeness (QED) is 0.694. The molecular formula is C12H21N5O3S. The summed E-state index contributed by atoms with van der Waals surface area (Å²) in [4.78, 5) is 17.5. The summed E-state index contributed by atoms with van der Waals surface area (Å²) in [7, 11) is -2.32. The van der Waals surface area contributed by atoms with E-state index in [1.54, 1.807) is 13.0 Å². The number of carbonyl (C=O) groups is 1. The maximum absolute atomic E-state index is 12.2. The van der Waals surface area contributed by atoms with Crippen molar-refractivity contribution in [2.75, 3.05) is 26.7 Å². The summed E-state index contributed by atoms with van der Waals surface area (Å²) in [6, 6.07) is -0.426. The monoisotopic (exact) mass is 315 g/mol. The highest BCUT2D eigenvalue weighted by atomic mass is 32.2. The number of hydrogen-bond donors (Lipinski definition) is 0. The van der Waals surface area contributed by atoms with E-state index in [4.69, 9.17) is 0 Å². The average molecular weight is 315 g/mol. The van der Waals surface area contributed by atoms with Gasteiger partial charge in [-0.15, -0.1) is 11.7 Å². The van der Waals surface area contributed by atoms with Crippen molar-refractivity contribution in [1.82, 2.24) is 24.0 Å². The van der Waals surface area contributed by atoms with E-state index in [1.165, 1.54) is 11.9 Å². The van der Waals surface area contributed by atoms with E-state index in [2.05, 4.69) is 16.7 Å². The molecule has 0 radical (unpaired) electrons. The first-order valence-electron chi connectivity index (χ1n) is 6.66. The van der Waals surface area contributed by atoms with Crippen LogP contribution in [-0.4, -0.2) is 65.1 Å². The molecule has 0 atom stereocenters. The largest absolute Gasteiger partial charge is 0.346 e. The van der Waals surface area contributed by atoms with Crippen molar-refractivity contribution in [3.05, 3.63) is 19.0 Å². The molecule has 0 aliphatic heterocycles. The minimum atomic E-state index is -3.75. The van der Waals surface area contributed by atoms with E-state index in [-0.39, 0.29) is 5.16 Å². The SMILES string of the molecule is C=CCN(CCC)C(=O)n1cnc(S(=O)(=O)N(C)CC)n1. The molecule has 0 bridgehead atoms. The fourth-order valence-corrected chi connectivity index (χ4v) is 2.59. The molecule has 0 aliphatic carbocycles. The van der Waals surface area contributed by atoms with Crippen LogP contribution in [0, 0.1) is 0 Å². The molecule has 118 valence electrons. The Morgan fingerprint density at radius 3 is 2.67 bits per heavy atom. The molecule has 0 aliphatic rings. The maximum Gasteiger partial charge on any atom is 0.346 e. The summed E-state index contributed by atoms with van der Waals surface area (Å²) in [5, 5.41) is 3.41. The topological polar surface area (TPSA) is 88.4 Å². The zero-order valence-corrected chi connectivity index (χ0v) is 13.4. The Morgan fingerprint density at radius 1 is 1.48 bits per heavy atom. The van der Waals surface area contributed by atoms with Gasteiger partial charge in [0.1, 0.15) is 6.33 Å². The van der Waals surface area contributed by atoms with Gasteiger partial charge in [-0.2, -0.15) is 8.99 Å². The molecule has 0 fully saturated rings. The van der Waals surface area contributed by atoms with Gasteiger partial charge in [-0.1, -0.05) is 19.9 Å². The van der Waals surface area contributed by atoms with Gasteiger partial charge in [0.15, 0.2) is 0 Å². The van der Waals surface area contributed by atoms with Crippen LogP contribution in [0.3, 0.4) is 0 Å².